The Morgan fingerprint density at radius 1 is 1.41 bits per heavy atom. The van der Waals surface area contributed by atoms with Crippen LogP contribution < -0.4 is 15.2 Å². The molecule has 1 aromatic rings. The first-order valence-electron chi connectivity index (χ1n) is 5.42. The Morgan fingerprint density at radius 3 is 2.53 bits per heavy atom. The molecule has 4 nitrogen and oxygen atoms in total. The molecule has 2 rings (SSSR count). The lowest BCUT2D eigenvalue weighted by Gasteiger charge is -2.16. The Labute approximate surface area is 105 Å². The van der Waals surface area contributed by atoms with Crippen molar-refractivity contribution in [1.82, 2.24) is 0 Å². The quantitative estimate of drug-likeness (QED) is 0.867. The van der Waals surface area contributed by atoms with E-state index < -0.39 is 0 Å². The summed E-state index contributed by atoms with van der Waals surface area (Å²) < 4.78 is 10.2. The summed E-state index contributed by atoms with van der Waals surface area (Å²) in [5.41, 5.74) is 6.44. The van der Waals surface area contributed by atoms with E-state index in [1.807, 2.05) is 0 Å². The van der Waals surface area contributed by atoms with Gasteiger partial charge in [-0.1, -0.05) is 11.6 Å². The van der Waals surface area contributed by atoms with Crippen LogP contribution in [0.2, 0.25) is 5.02 Å². The number of nitrogens with two attached hydrogens (primary N) is 1. The first-order valence-corrected chi connectivity index (χ1v) is 5.80. The summed E-state index contributed by atoms with van der Waals surface area (Å²) in [5, 5.41) is 10.6. The molecule has 3 N–H and O–H groups in total. The normalized spacial score (nSPS) is 16.7. The second-order valence-electron chi connectivity index (χ2n) is 4.46. The Kier molecular flexibility index (Phi) is 3.10. The van der Waals surface area contributed by atoms with Gasteiger partial charge < -0.3 is 20.3 Å². The molecule has 1 aliphatic carbocycles. The van der Waals surface area contributed by atoms with Gasteiger partial charge in [-0.15, -0.1) is 0 Å². The third-order valence-corrected chi connectivity index (χ3v) is 3.45. The van der Waals surface area contributed by atoms with E-state index in [2.05, 4.69) is 0 Å². The van der Waals surface area contributed by atoms with Gasteiger partial charge in [0.05, 0.1) is 19.2 Å². The molecule has 0 radical (unpaired) electrons. The van der Waals surface area contributed by atoms with Gasteiger partial charge in [-0.2, -0.15) is 0 Å². The van der Waals surface area contributed by atoms with Gasteiger partial charge >= 0.3 is 0 Å². The maximum Gasteiger partial charge on any atom is 0.203 e. The van der Waals surface area contributed by atoms with E-state index in [0.717, 1.165) is 12.8 Å². The molecular formula is C12H16ClNO3. The largest absolute Gasteiger partial charge is 0.504 e. The van der Waals surface area contributed by atoms with E-state index in [1.165, 1.54) is 14.2 Å². The van der Waals surface area contributed by atoms with E-state index in [0.29, 0.717) is 28.5 Å². The molecule has 0 atom stereocenters. The molecule has 0 aliphatic heterocycles. The summed E-state index contributed by atoms with van der Waals surface area (Å²) in [7, 11) is 2.98. The van der Waals surface area contributed by atoms with E-state index in [4.69, 9.17) is 26.8 Å². The average molecular weight is 258 g/mol. The first-order chi connectivity index (χ1) is 8.00. The van der Waals surface area contributed by atoms with E-state index in [1.54, 1.807) is 6.07 Å². The summed E-state index contributed by atoms with van der Waals surface area (Å²) in [6.07, 6.45) is 2.46. The molecule has 1 aromatic carbocycles. The zero-order valence-electron chi connectivity index (χ0n) is 9.92. The predicted octanol–water partition coefficient (Wildman–Crippen LogP) is 2.10. The molecule has 0 heterocycles. The van der Waals surface area contributed by atoms with Gasteiger partial charge in [0.15, 0.2) is 11.5 Å². The van der Waals surface area contributed by atoms with Crippen LogP contribution in [0.5, 0.6) is 17.2 Å². The molecule has 0 aromatic heterocycles. The fraction of sp³-hybridized carbons (Fsp3) is 0.500. The van der Waals surface area contributed by atoms with Crippen molar-refractivity contribution in [2.45, 2.75) is 24.8 Å². The van der Waals surface area contributed by atoms with Crippen molar-refractivity contribution in [1.29, 1.82) is 0 Å². The van der Waals surface area contributed by atoms with Gasteiger partial charge in [-0.3, -0.25) is 0 Å². The van der Waals surface area contributed by atoms with Crippen molar-refractivity contribution in [2.24, 2.45) is 5.73 Å². The minimum absolute atomic E-state index is 0.0218. The van der Waals surface area contributed by atoms with Gasteiger partial charge in [0.1, 0.15) is 0 Å². The fourth-order valence-corrected chi connectivity index (χ4v) is 2.10. The topological polar surface area (TPSA) is 64.7 Å². The van der Waals surface area contributed by atoms with Crippen molar-refractivity contribution >= 4 is 11.6 Å². The zero-order valence-corrected chi connectivity index (χ0v) is 10.7. The number of halogens is 1. The summed E-state index contributed by atoms with van der Waals surface area (Å²) in [5.74, 6) is 0.741. The number of ether oxygens (including phenoxy) is 2. The lowest BCUT2D eigenvalue weighted by molar-refractivity contribution is 0.331. The van der Waals surface area contributed by atoms with Gasteiger partial charge in [0.25, 0.3) is 0 Å². The second-order valence-corrected chi connectivity index (χ2v) is 4.87. The lowest BCUT2D eigenvalue weighted by Crippen LogP contribution is -2.24. The van der Waals surface area contributed by atoms with Crippen LogP contribution in [0.3, 0.4) is 0 Å². The number of hydrogen-bond acceptors (Lipinski definition) is 4. The van der Waals surface area contributed by atoms with Crippen LogP contribution >= 0.6 is 11.6 Å². The van der Waals surface area contributed by atoms with E-state index in [-0.39, 0.29) is 11.3 Å². The molecular weight excluding hydrogens is 242 g/mol. The van der Waals surface area contributed by atoms with E-state index in [9.17, 15) is 5.11 Å². The third kappa shape index (κ3) is 2.28. The summed E-state index contributed by atoms with van der Waals surface area (Å²) in [6, 6.07) is 1.64. The second kappa shape index (κ2) is 4.27. The van der Waals surface area contributed by atoms with E-state index >= 15 is 0 Å². The number of methoxy groups -OCH3 is 2. The third-order valence-electron chi connectivity index (χ3n) is 3.12. The molecule has 0 unspecified atom stereocenters. The average Bonchev–Trinajstić information content (AvgIpc) is 3.02. The Balaban J connectivity index is 2.44. The summed E-state index contributed by atoms with van der Waals surface area (Å²) in [4.78, 5) is 0. The van der Waals surface area contributed by atoms with Gasteiger partial charge in [0.2, 0.25) is 5.75 Å². The van der Waals surface area contributed by atoms with Crippen LogP contribution in [0.15, 0.2) is 6.07 Å². The molecule has 17 heavy (non-hydrogen) atoms. The van der Waals surface area contributed by atoms with Crippen LogP contribution in [0.25, 0.3) is 0 Å². The molecule has 94 valence electrons. The lowest BCUT2D eigenvalue weighted by atomic mass is 10.0. The van der Waals surface area contributed by atoms with Gasteiger partial charge in [-0.25, -0.2) is 0 Å². The van der Waals surface area contributed by atoms with Crippen molar-refractivity contribution in [2.75, 3.05) is 14.2 Å². The van der Waals surface area contributed by atoms with Crippen LogP contribution in [-0.4, -0.2) is 24.9 Å². The first kappa shape index (κ1) is 12.3. The monoisotopic (exact) mass is 257 g/mol. The molecule has 0 bridgehead atoms. The number of rotatable bonds is 4. The number of phenols is 1. The SMILES string of the molecule is COc1cc(Cl)c(CC2(N)CC2)c(O)c1OC. The predicted molar refractivity (Wildman–Crippen MR) is 66.1 cm³/mol. The Morgan fingerprint density at radius 2 is 2.06 bits per heavy atom. The maximum absolute atomic E-state index is 10.1. The molecule has 5 heteroatoms. The summed E-state index contributed by atoms with van der Waals surface area (Å²) in [6.45, 7) is 0. The van der Waals surface area contributed by atoms with Crippen LogP contribution in [-0.2, 0) is 6.42 Å². The van der Waals surface area contributed by atoms with Crippen LogP contribution in [0.4, 0.5) is 0 Å². The minimum Gasteiger partial charge on any atom is -0.504 e. The number of aromatic hydroxyl groups is 1. The van der Waals surface area contributed by atoms with Crippen molar-refractivity contribution in [3.8, 4) is 17.2 Å². The highest BCUT2D eigenvalue weighted by molar-refractivity contribution is 6.31. The Hall–Kier alpha value is -1.13. The number of benzene rings is 1. The van der Waals surface area contributed by atoms with Crippen molar-refractivity contribution < 1.29 is 14.6 Å². The highest BCUT2D eigenvalue weighted by atomic mass is 35.5. The number of phenolic OH excluding ortho intramolecular Hbond substituents is 1. The molecule has 1 fully saturated rings. The standard InChI is InChI=1S/C12H16ClNO3/c1-16-9-5-8(13)7(6-12(14)3-4-12)10(15)11(9)17-2/h5,15H,3-4,6,14H2,1-2H3. The van der Waals surface area contributed by atoms with Crippen molar-refractivity contribution in [3.63, 3.8) is 0 Å². The molecule has 1 saturated carbocycles. The minimum atomic E-state index is -0.222. The highest BCUT2D eigenvalue weighted by Crippen LogP contribution is 2.46. The molecule has 0 saturated heterocycles. The molecule has 0 spiro atoms. The molecule has 1 aliphatic rings. The molecule has 0 amide bonds. The zero-order chi connectivity index (χ0) is 12.6. The smallest absolute Gasteiger partial charge is 0.203 e. The van der Waals surface area contributed by atoms with Crippen molar-refractivity contribution in [3.05, 3.63) is 16.7 Å². The van der Waals surface area contributed by atoms with Gasteiger partial charge in [0, 0.05) is 17.2 Å². The summed E-state index contributed by atoms with van der Waals surface area (Å²) >= 11 is 6.13. The van der Waals surface area contributed by atoms with Crippen LogP contribution in [0.1, 0.15) is 18.4 Å². The fourth-order valence-electron chi connectivity index (χ4n) is 1.84. The Bertz CT molecular complexity index is 444. The highest BCUT2D eigenvalue weighted by Gasteiger charge is 2.39. The van der Waals surface area contributed by atoms with Gasteiger partial charge in [-0.05, 0) is 19.3 Å². The number of hydrogen-bond donors (Lipinski definition) is 2. The van der Waals surface area contributed by atoms with Crippen LogP contribution in [0, 0.1) is 0 Å². The maximum atomic E-state index is 10.1.